The highest BCUT2D eigenvalue weighted by Crippen LogP contribution is 2.11. The van der Waals surface area contributed by atoms with Crippen LogP contribution in [0.5, 0.6) is 0 Å². The molecule has 0 amide bonds. The number of aliphatic hydroxyl groups excluding tert-OH is 1. The first-order valence-electron chi connectivity index (χ1n) is 7.16. The van der Waals surface area contributed by atoms with Gasteiger partial charge in [-0.25, -0.2) is 4.98 Å². The van der Waals surface area contributed by atoms with E-state index >= 15 is 0 Å². The van der Waals surface area contributed by atoms with E-state index in [0.717, 1.165) is 38.2 Å². The van der Waals surface area contributed by atoms with E-state index in [1.807, 2.05) is 7.05 Å². The first-order chi connectivity index (χ1) is 9.74. The minimum absolute atomic E-state index is 0.213. The van der Waals surface area contributed by atoms with Crippen LogP contribution in [0.2, 0.25) is 0 Å². The number of hydrogen-bond donors (Lipinski definition) is 2. The lowest BCUT2D eigenvalue weighted by Crippen LogP contribution is -2.32. The summed E-state index contributed by atoms with van der Waals surface area (Å²) < 4.78 is 12.6. The summed E-state index contributed by atoms with van der Waals surface area (Å²) in [5.41, 5.74) is 0. The minimum atomic E-state index is -0.493. The number of aromatic nitrogens is 3. The van der Waals surface area contributed by atoms with Gasteiger partial charge in [0.15, 0.2) is 5.82 Å². The predicted octanol–water partition coefficient (Wildman–Crippen LogP) is -0.496. The second-order valence-corrected chi connectivity index (χ2v) is 5.11. The molecule has 1 fully saturated rings. The van der Waals surface area contributed by atoms with E-state index < -0.39 is 6.10 Å². The topological polar surface area (TPSA) is 81.4 Å². The first-order valence-corrected chi connectivity index (χ1v) is 7.16. The minimum Gasteiger partial charge on any atom is -0.389 e. The van der Waals surface area contributed by atoms with Gasteiger partial charge in [-0.3, -0.25) is 4.68 Å². The second-order valence-electron chi connectivity index (χ2n) is 5.11. The highest BCUT2D eigenvalue weighted by atomic mass is 16.5. The summed E-state index contributed by atoms with van der Waals surface area (Å²) in [6.07, 6.45) is 4.33. The van der Waals surface area contributed by atoms with Crippen molar-refractivity contribution in [1.82, 2.24) is 20.1 Å². The van der Waals surface area contributed by atoms with Gasteiger partial charge in [0.1, 0.15) is 6.33 Å². The fraction of sp³-hybridized carbons (Fsp3) is 0.846. The van der Waals surface area contributed by atoms with Crippen molar-refractivity contribution in [3.05, 3.63) is 12.2 Å². The number of hydrogen-bond acceptors (Lipinski definition) is 6. The maximum absolute atomic E-state index is 9.76. The predicted molar refractivity (Wildman–Crippen MR) is 73.4 cm³/mol. The molecule has 2 unspecified atom stereocenters. The first kappa shape index (κ1) is 15.4. The van der Waals surface area contributed by atoms with E-state index in [-0.39, 0.29) is 6.10 Å². The van der Waals surface area contributed by atoms with E-state index in [0.29, 0.717) is 19.8 Å². The van der Waals surface area contributed by atoms with Gasteiger partial charge in [-0.15, -0.1) is 0 Å². The molecule has 0 bridgehead atoms. The number of nitrogens with zero attached hydrogens (tertiary/aromatic N) is 3. The summed E-state index contributed by atoms with van der Waals surface area (Å²) >= 11 is 0. The van der Waals surface area contributed by atoms with Crippen LogP contribution in [0.15, 0.2) is 6.33 Å². The molecule has 2 heterocycles. The molecule has 0 saturated carbocycles. The van der Waals surface area contributed by atoms with Gasteiger partial charge in [0.05, 0.1) is 25.4 Å². The van der Waals surface area contributed by atoms with Gasteiger partial charge in [0.25, 0.3) is 0 Å². The molecule has 1 aliphatic heterocycles. The average Bonchev–Trinajstić information content (AvgIpc) is 3.06. The molecule has 0 aromatic carbocycles. The zero-order valence-corrected chi connectivity index (χ0v) is 12.0. The van der Waals surface area contributed by atoms with Crippen LogP contribution in [0.25, 0.3) is 0 Å². The summed E-state index contributed by atoms with van der Waals surface area (Å²) in [5, 5.41) is 17.1. The molecule has 1 saturated heterocycles. The molecule has 1 aromatic heterocycles. The number of aryl methyl sites for hydroxylation is 1. The Morgan fingerprint density at radius 1 is 1.65 bits per heavy atom. The molecule has 7 nitrogen and oxygen atoms in total. The third-order valence-electron chi connectivity index (χ3n) is 3.19. The van der Waals surface area contributed by atoms with Crippen molar-refractivity contribution in [3.8, 4) is 0 Å². The fourth-order valence-corrected chi connectivity index (χ4v) is 2.14. The van der Waals surface area contributed by atoms with Gasteiger partial charge >= 0.3 is 0 Å². The summed E-state index contributed by atoms with van der Waals surface area (Å²) in [6, 6.07) is 0. The molecular weight excluding hydrogens is 260 g/mol. The highest BCUT2D eigenvalue weighted by Gasteiger charge is 2.16. The summed E-state index contributed by atoms with van der Waals surface area (Å²) in [4.78, 5) is 4.14. The van der Waals surface area contributed by atoms with Gasteiger partial charge in [0.2, 0.25) is 0 Å². The Morgan fingerprint density at radius 3 is 3.25 bits per heavy atom. The lowest BCUT2D eigenvalue weighted by Gasteiger charge is -2.14. The Morgan fingerprint density at radius 2 is 2.55 bits per heavy atom. The van der Waals surface area contributed by atoms with Gasteiger partial charge in [-0.05, 0) is 12.8 Å². The lowest BCUT2D eigenvalue weighted by molar-refractivity contribution is -0.0163. The van der Waals surface area contributed by atoms with Crippen LogP contribution in [0.1, 0.15) is 18.7 Å². The van der Waals surface area contributed by atoms with E-state index in [2.05, 4.69) is 15.4 Å². The SMILES string of the molecule is Cn1cnc(CCNCC(O)COCC2CCCO2)n1. The Hall–Kier alpha value is -1.02. The van der Waals surface area contributed by atoms with Crippen molar-refractivity contribution in [2.45, 2.75) is 31.5 Å². The fourth-order valence-electron chi connectivity index (χ4n) is 2.14. The lowest BCUT2D eigenvalue weighted by atomic mass is 10.2. The highest BCUT2D eigenvalue weighted by molar-refractivity contribution is 4.82. The van der Waals surface area contributed by atoms with Gasteiger partial charge in [0, 0.05) is 33.2 Å². The van der Waals surface area contributed by atoms with E-state index in [1.54, 1.807) is 11.0 Å². The maximum Gasteiger partial charge on any atom is 0.151 e. The van der Waals surface area contributed by atoms with Crippen molar-refractivity contribution in [1.29, 1.82) is 0 Å². The Labute approximate surface area is 119 Å². The normalized spacial score (nSPS) is 20.4. The maximum atomic E-state index is 9.76. The van der Waals surface area contributed by atoms with E-state index in [4.69, 9.17) is 9.47 Å². The molecule has 20 heavy (non-hydrogen) atoms. The molecule has 1 aromatic rings. The molecule has 114 valence electrons. The summed E-state index contributed by atoms with van der Waals surface area (Å²) in [6.45, 7) is 3.01. The van der Waals surface area contributed by atoms with Crippen LogP contribution in [0.3, 0.4) is 0 Å². The third kappa shape index (κ3) is 5.54. The number of nitrogens with one attached hydrogen (secondary N) is 1. The summed E-state index contributed by atoms with van der Waals surface area (Å²) in [7, 11) is 1.85. The van der Waals surface area contributed by atoms with Crippen molar-refractivity contribution in [2.75, 3.05) is 32.9 Å². The molecule has 2 N–H and O–H groups in total. The smallest absolute Gasteiger partial charge is 0.151 e. The van der Waals surface area contributed by atoms with E-state index in [9.17, 15) is 5.11 Å². The average molecular weight is 284 g/mol. The van der Waals surface area contributed by atoms with Gasteiger partial charge in [-0.2, -0.15) is 5.10 Å². The summed E-state index contributed by atoms with van der Waals surface area (Å²) in [5.74, 6) is 0.809. The van der Waals surface area contributed by atoms with Crippen LogP contribution >= 0.6 is 0 Å². The zero-order chi connectivity index (χ0) is 14.2. The van der Waals surface area contributed by atoms with Gasteiger partial charge < -0.3 is 19.9 Å². The molecule has 0 aliphatic carbocycles. The number of rotatable bonds is 9. The quantitative estimate of drug-likeness (QED) is 0.595. The Kier molecular flexibility index (Phi) is 6.38. The van der Waals surface area contributed by atoms with Crippen LogP contribution in [0, 0.1) is 0 Å². The van der Waals surface area contributed by atoms with E-state index in [1.165, 1.54) is 0 Å². The van der Waals surface area contributed by atoms with Crippen LogP contribution < -0.4 is 5.32 Å². The van der Waals surface area contributed by atoms with Crippen molar-refractivity contribution in [3.63, 3.8) is 0 Å². The van der Waals surface area contributed by atoms with Crippen LogP contribution in [-0.4, -0.2) is 65.0 Å². The van der Waals surface area contributed by atoms with Crippen LogP contribution in [-0.2, 0) is 22.9 Å². The third-order valence-corrected chi connectivity index (χ3v) is 3.19. The van der Waals surface area contributed by atoms with Crippen molar-refractivity contribution in [2.24, 2.45) is 7.05 Å². The van der Waals surface area contributed by atoms with Gasteiger partial charge in [-0.1, -0.05) is 0 Å². The molecular formula is C13H24N4O3. The van der Waals surface area contributed by atoms with Crippen molar-refractivity contribution < 1.29 is 14.6 Å². The molecule has 1 aliphatic rings. The Balaban J connectivity index is 1.46. The number of aliphatic hydroxyl groups is 1. The molecule has 0 spiro atoms. The second kappa shape index (κ2) is 8.31. The molecule has 7 heteroatoms. The number of ether oxygens (including phenoxy) is 2. The molecule has 2 rings (SSSR count). The standard InChI is InChI=1S/C13H24N4O3/c1-17-10-15-13(16-17)4-5-14-7-11(18)8-19-9-12-3-2-6-20-12/h10-12,14,18H,2-9H2,1H3. The largest absolute Gasteiger partial charge is 0.389 e. The monoisotopic (exact) mass is 284 g/mol. The zero-order valence-electron chi connectivity index (χ0n) is 12.0. The van der Waals surface area contributed by atoms with Crippen LogP contribution in [0.4, 0.5) is 0 Å². The molecule has 0 radical (unpaired) electrons. The molecule has 2 atom stereocenters. The Bertz CT molecular complexity index is 379. The van der Waals surface area contributed by atoms with Crippen molar-refractivity contribution >= 4 is 0 Å².